The Labute approximate surface area is 81.3 Å². The van der Waals surface area contributed by atoms with Crippen LogP contribution >= 0.6 is 0 Å². The zero-order chi connectivity index (χ0) is 9.73. The highest BCUT2D eigenvalue weighted by molar-refractivity contribution is 5.11. The second kappa shape index (κ2) is 4.62. The van der Waals surface area contributed by atoms with Crippen LogP contribution in [-0.2, 0) is 0 Å². The zero-order valence-corrected chi connectivity index (χ0v) is 8.77. The number of hydrogen-bond acceptors (Lipinski definition) is 2. The van der Waals surface area contributed by atoms with Gasteiger partial charge in [0, 0.05) is 0 Å². The molecule has 0 aromatic heterocycles. The lowest BCUT2D eigenvalue weighted by Gasteiger charge is -2.22. The Morgan fingerprint density at radius 3 is 2.77 bits per heavy atom. The highest BCUT2D eigenvalue weighted by atomic mass is 15.0. The van der Waals surface area contributed by atoms with E-state index in [-0.39, 0.29) is 5.54 Å². The van der Waals surface area contributed by atoms with Crippen LogP contribution in [0, 0.1) is 17.2 Å². The maximum Gasteiger partial charge on any atom is 0.107 e. The third kappa shape index (κ3) is 2.45. The largest absolute Gasteiger partial charge is 0.299 e. The molecule has 0 bridgehead atoms. The summed E-state index contributed by atoms with van der Waals surface area (Å²) in [5.74, 6) is 0.768. The molecule has 0 amide bonds. The Morgan fingerprint density at radius 2 is 2.31 bits per heavy atom. The van der Waals surface area contributed by atoms with Crippen LogP contribution in [-0.4, -0.2) is 12.1 Å². The Balaban J connectivity index is 2.48. The molecule has 0 spiro atoms. The summed E-state index contributed by atoms with van der Waals surface area (Å²) in [4.78, 5) is 0. The van der Waals surface area contributed by atoms with Gasteiger partial charge in [-0.1, -0.05) is 20.3 Å². The zero-order valence-electron chi connectivity index (χ0n) is 8.77. The summed E-state index contributed by atoms with van der Waals surface area (Å²) < 4.78 is 0. The van der Waals surface area contributed by atoms with Gasteiger partial charge in [-0.2, -0.15) is 5.26 Å². The van der Waals surface area contributed by atoms with Crippen molar-refractivity contribution in [3.8, 4) is 6.07 Å². The first-order valence-electron chi connectivity index (χ1n) is 5.42. The molecule has 0 aromatic carbocycles. The molecule has 2 unspecified atom stereocenters. The van der Waals surface area contributed by atoms with Gasteiger partial charge in [0.1, 0.15) is 5.54 Å². The average Bonchev–Trinajstić information content (AvgIpc) is 2.59. The molecule has 1 aliphatic rings. The van der Waals surface area contributed by atoms with Crippen LogP contribution in [0.15, 0.2) is 0 Å². The fraction of sp³-hybridized carbons (Fsp3) is 0.909. The molecule has 0 heterocycles. The van der Waals surface area contributed by atoms with Gasteiger partial charge in [-0.3, -0.25) is 5.32 Å². The van der Waals surface area contributed by atoms with E-state index in [2.05, 4.69) is 25.2 Å². The first-order valence-corrected chi connectivity index (χ1v) is 5.42. The van der Waals surface area contributed by atoms with Crippen LogP contribution in [0.4, 0.5) is 0 Å². The highest BCUT2D eigenvalue weighted by Gasteiger charge is 2.37. The van der Waals surface area contributed by atoms with Crippen molar-refractivity contribution in [2.45, 2.75) is 51.5 Å². The van der Waals surface area contributed by atoms with Gasteiger partial charge >= 0.3 is 0 Å². The first-order chi connectivity index (χ1) is 6.26. The van der Waals surface area contributed by atoms with E-state index >= 15 is 0 Å². The quantitative estimate of drug-likeness (QED) is 0.721. The van der Waals surface area contributed by atoms with Crippen molar-refractivity contribution in [1.82, 2.24) is 5.32 Å². The number of nitrogens with zero attached hydrogens (tertiary/aromatic N) is 1. The predicted octanol–water partition coefficient (Wildman–Crippen LogP) is 2.46. The molecule has 2 atom stereocenters. The molecule has 0 saturated heterocycles. The molecular weight excluding hydrogens is 160 g/mol. The summed E-state index contributed by atoms with van der Waals surface area (Å²) in [5, 5.41) is 12.5. The van der Waals surface area contributed by atoms with E-state index in [0.717, 1.165) is 31.7 Å². The molecule has 1 N–H and O–H groups in total. The molecule has 1 saturated carbocycles. The van der Waals surface area contributed by atoms with Crippen molar-refractivity contribution in [1.29, 1.82) is 5.26 Å². The van der Waals surface area contributed by atoms with E-state index in [9.17, 15) is 0 Å². The van der Waals surface area contributed by atoms with Crippen molar-refractivity contribution < 1.29 is 0 Å². The summed E-state index contributed by atoms with van der Waals surface area (Å²) in [6.07, 6.45) is 5.65. The molecule has 1 rings (SSSR count). The van der Waals surface area contributed by atoms with Crippen LogP contribution in [0.5, 0.6) is 0 Å². The van der Waals surface area contributed by atoms with E-state index in [1.165, 1.54) is 12.8 Å². The Hall–Kier alpha value is -0.550. The lowest BCUT2D eigenvalue weighted by atomic mass is 9.96. The van der Waals surface area contributed by atoms with Gasteiger partial charge in [0.25, 0.3) is 0 Å². The van der Waals surface area contributed by atoms with Crippen molar-refractivity contribution in [3.63, 3.8) is 0 Å². The molecule has 2 nitrogen and oxygen atoms in total. The number of hydrogen-bond donors (Lipinski definition) is 1. The van der Waals surface area contributed by atoms with Gasteiger partial charge in [0.15, 0.2) is 0 Å². The van der Waals surface area contributed by atoms with E-state index in [4.69, 9.17) is 5.26 Å². The summed E-state index contributed by atoms with van der Waals surface area (Å²) in [5.41, 5.74) is -0.184. The van der Waals surface area contributed by atoms with Gasteiger partial charge in [0.2, 0.25) is 0 Å². The minimum atomic E-state index is -0.184. The normalized spacial score (nSPS) is 33.2. The molecule has 1 fully saturated rings. The Morgan fingerprint density at radius 1 is 1.54 bits per heavy atom. The standard InChI is InChI=1S/C11H20N2/c1-3-7-13-11(9-12)6-5-10(4-2)8-11/h10,13H,3-8H2,1-2H3. The van der Waals surface area contributed by atoms with E-state index in [1.807, 2.05) is 0 Å². The van der Waals surface area contributed by atoms with Crippen LogP contribution in [0.3, 0.4) is 0 Å². The fourth-order valence-electron chi connectivity index (χ4n) is 2.16. The highest BCUT2D eigenvalue weighted by Crippen LogP contribution is 2.35. The van der Waals surface area contributed by atoms with E-state index in [1.54, 1.807) is 0 Å². The van der Waals surface area contributed by atoms with Gasteiger partial charge < -0.3 is 0 Å². The maximum atomic E-state index is 9.14. The number of nitriles is 1. The molecule has 1 aliphatic carbocycles. The second-order valence-corrected chi connectivity index (χ2v) is 4.14. The molecule has 13 heavy (non-hydrogen) atoms. The van der Waals surface area contributed by atoms with Crippen molar-refractivity contribution in [2.75, 3.05) is 6.54 Å². The number of nitrogens with one attached hydrogen (secondary N) is 1. The summed E-state index contributed by atoms with van der Waals surface area (Å²) in [7, 11) is 0. The summed E-state index contributed by atoms with van der Waals surface area (Å²) in [6, 6.07) is 2.47. The molecule has 74 valence electrons. The summed E-state index contributed by atoms with van der Waals surface area (Å²) in [6.45, 7) is 5.34. The third-order valence-corrected chi connectivity index (χ3v) is 3.12. The predicted molar refractivity (Wildman–Crippen MR) is 54.3 cm³/mol. The minimum absolute atomic E-state index is 0.184. The van der Waals surface area contributed by atoms with Gasteiger partial charge in [-0.25, -0.2) is 0 Å². The van der Waals surface area contributed by atoms with Crippen LogP contribution < -0.4 is 5.32 Å². The average molecular weight is 180 g/mol. The topological polar surface area (TPSA) is 35.8 Å². The van der Waals surface area contributed by atoms with Crippen molar-refractivity contribution >= 4 is 0 Å². The van der Waals surface area contributed by atoms with Gasteiger partial charge in [-0.15, -0.1) is 0 Å². The second-order valence-electron chi connectivity index (χ2n) is 4.14. The van der Waals surface area contributed by atoms with Crippen LogP contribution in [0.1, 0.15) is 46.0 Å². The third-order valence-electron chi connectivity index (χ3n) is 3.12. The summed E-state index contributed by atoms with van der Waals surface area (Å²) >= 11 is 0. The molecular formula is C11H20N2. The Kier molecular flexibility index (Phi) is 3.74. The monoisotopic (exact) mass is 180 g/mol. The van der Waals surface area contributed by atoms with Crippen molar-refractivity contribution in [2.24, 2.45) is 5.92 Å². The van der Waals surface area contributed by atoms with E-state index in [0.29, 0.717) is 0 Å². The number of rotatable bonds is 4. The lowest BCUT2D eigenvalue weighted by Crippen LogP contribution is -2.41. The SMILES string of the molecule is CCCNC1(C#N)CCC(CC)C1. The minimum Gasteiger partial charge on any atom is -0.299 e. The first kappa shape index (κ1) is 10.5. The molecule has 0 radical (unpaired) electrons. The van der Waals surface area contributed by atoms with Crippen LogP contribution in [0.2, 0.25) is 0 Å². The van der Waals surface area contributed by atoms with E-state index < -0.39 is 0 Å². The van der Waals surface area contributed by atoms with Crippen LogP contribution in [0.25, 0.3) is 0 Å². The fourth-order valence-corrected chi connectivity index (χ4v) is 2.16. The smallest absolute Gasteiger partial charge is 0.107 e. The lowest BCUT2D eigenvalue weighted by molar-refractivity contribution is 0.400. The molecule has 0 aromatic rings. The molecule has 2 heteroatoms. The van der Waals surface area contributed by atoms with Gasteiger partial charge in [-0.05, 0) is 38.1 Å². The van der Waals surface area contributed by atoms with Crippen molar-refractivity contribution in [3.05, 3.63) is 0 Å². The van der Waals surface area contributed by atoms with Gasteiger partial charge in [0.05, 0.1) is 6.07 Å². The Bertz CT molecular complexity index is 195. The molecule has 0 aliphatic heterocycles. The maximum absolute atomic E-state index is 9.14.